The Labute approximate surface area is 163 Å². The molecule has 0 bridgehead atoms. The fraction of sp³-hybridized carbons (Fsp3) is 0.636. The van der Waals surface area contributed by atoms with Crippen LogP contribution in [0.5, 0.6) is 5.75 Å². The zero-order chi connectivity index (χ0) is 19.6. The molecule has 1 aromatic carbocycles. The van der Waals surface area contributed by atoms with E-state index in [2.05, 4.69) is 19.2 Å². The number of hydrogen-bond acceptors (Lipinski definition) is 3. The lowest BCUT2D eigenvalue weighted by atomic mass is 9.80. The van der Waals surface area contributed by atoms with Crippen LogP contribution in [-0.4, -0.2) is 36.4 Å². The van der Waals surface area contributed by atoms with Crippen LogP contribution in [0, 0.1) is 11.8 Å². The van der Waals surface area contributed by atoms with Crippen molar-refractivity contribution >= 4 is 17.5 Å². The molecule has 1 aliphatic rings. The molecule has 5 nitrogen and oxygen atoms in total. The number of amides is 2. The zero-order valence-electron chi connectivity index (χ0n) is 17.0. The van der Waals surface area contributed by atoms with Crippen LogP contribution in [0.2, 0.25) is 0 Å². The summed E-state index contributed by atoms with van der Waals surface area (Å²) in [6.07, 6.45) is 5.11. The molecular formula is C22H34N2O3. The first-order valence-corrected chi connectivity index (χ1v) is 10.4. The maximum atomic E-state index is 12.8. The van der Waals surface area contributed by atoms with Gasteiger partial charge in [-0.05, 0) is 57.6 Å². The number of carbonyl (C=O) groups excluding carboxylic acids is 2. The second-order valence-corrected chi connectivity index (χ2v) is 7.29. The quantitative estimate of drug-likeness (QED) is 0.693. The summed E-state index contributed by atoms with van der Waals surface area (Å²) >= 11 is 0. The summed E-state index contributed by atoms with van der Waals surface area (Å²) in [4.78, 5) is 27.5. The molecule has 1 fully saturated rings. The van der Waals surface area contributed by atoms with Gasteiger partial charge in [0.1, 0.15) is 5.75 Å². The Morgan fingerprint density at radius 2 is 1.59 bits per heavy atom. The van der Waals surface area contributed by atoms with Crippen molar-refractivity contribution in [1.29, 1.82) is 0 Å². The molecule has 27 heavy (non-hydrogen) atoms. The Morgan fingerprint density at radius 3 is 2.19 bits per heavy atom. The van der Waals surface area contributed by atoms with Gasteiger partial charge in [0, 0.05) is 24.9 Å². The molecule has 1 saturated carbocycles. The number of anilines is 1. The molecule has 2 amide bonds. The molecule has 0 unspecified atom stereocenters. The number of carbonyl (C=O) groups is 2. The summed E-state index contributed by atoms with van der Waals surface area (Å²) in [7, 11) is 0. The van der Waals surface area contributed by atoms with Gasteiger partial charge in [-0.1, -0.05) is 26.0 Å². The van der Waals surface area contributed by atoms with Crippen molar-refractivity contribution in [1.82, 2.24) is 4.90 Å². The number of hydrogen-bond donors (Lipinski definition) is 1. The number of para-hydroxylation sites is 2. The summed E-state index contributed by atoms with van der Waals surface area (Å²) in [5, 5.41) is 3.01. The fourth-order valence-electron chi connectivity index (χ4n) is 3.82. The van der Waals surface area contributed by atoms with Crippen LogP contribution < -0.4 is 10.1 Å². The van der Waals surface area contributed by atoms with E-state index in [9.17, 15) is 9.59 Å². The maximum absolute atomic E-state index is 12.8. The summed E-state index contributed by atoms with van der Waals surface area (Å²) in [5.74, 6) is 1.05. The van der Waals surface area contributed by atoms with Gasteiger partial charge in [-0.15, -0.1) is 0 Å². The minimum absolute atomic E-state index is 0.0328. The second kappa shape index (κ2) is 11.0. The predicted molar refractivity (Wildman–Crippen MR) is 109 cm³/mol. The minimum atomic E-state index is -0.0328. The number of rotatable bonds is 9. The molecule has 1 aromatic rings. The number of ether oxygens (including phenoxy) is 1. The third-order valence-electron chi connectivity index (χ3n) is 5.19. The predicted octanol–water partition coefficient (Wildman–Crippen LogP) is 4.48. The highest BCUT2D eigenvalue weighted by Gasteiger charge is 2.32. The van der Waals surface area contributed by atoms with Crippen molar-refractivity contribution in [2.45, 2.75) is 59.3 Å². The van der Waals surface area contributed by atoms with E-state index in [1.165, 1.54) is 0 Å². The van der Waals surface area contributed by atoms with E-state index < -0.39 is 0 Å². The molecule has 0 saturated heterocycles. The minimum Gasteiger partial charge on any atom is -0.492 e. The van der Waals surface area contributed by atoms with Gasteiger partial charge in [-0.3, -0.25) is 9.59 Å². The molecule has 150 valence electrons. The first-order valence-electron chi connectivity index (χ1n) is 10.4. The Hall–Kier alpha value is -2.04. The Balaban J connectivity index is 1.89. The first-order chi connectivity index (χ1) is 13.1. The van der Waals surface area contributed by atoms with Crippen LogP contribution in [-0.2, 0) is 9.59 Å². The van der Waals surface area contributed by atoms with Crippen molar-refractivity contribution in [3.05, 3.63) is 24.3 Å². The standard InChI is InChI=1S/C22H34N2O3/c1-4-15-24(16-5-2)22(26)18-13-11-17(12-14-18)21(25)23-19-9-7-8-10-20(19)27-6-3/h7-10,17-18H,4-6,11-16H2,1-3H3,(H,23,25). The molecule has 0 heterocycles. The van der Waals surface area contributed by atoms with E-state index >= 15 is 0 Å². The van der Waals surface area contributed by atoms with Crippen LogP contribution >= 0.6 is 0 Å². The zero-order valence-corrected chi connectivity index (χ0v) is 17.0. The van der Waals surface area contributed by atoms with Crippen LogP contribution in [0.15, 0.2) is 24.3 Å². The molecule has 1 N–H and O–H groups in total. The maximum Gasteiger partial charge on any atom is 0.227 e. The molecule has 0 aliphatic heterocycles. The smallest absolute Gasteiger partial charge is 0.227 e. The molecule has 0 radical (unpaired) electrons. The lowest BCUT2D eigenvalue weighted by molar-refractivity contribution is -0.138. The van der Waals surface area contributed by atoms with Gasteiger partial charge in [0.05, 0.1) is 12.3 Å². The molecule has 0 spiro atoms. The highest BCUT2D eigenvalue weighted by atomic mass is 16.5. The van der Waals surface area contributed by atoms with Gasteiger partial charge in [0.2, 0.25) is 11.8 Å². The van der Waals surface area contributed by atoms with Gasteiger partial charge in [-0.2, -0.15) is 0 Å². The Bertz CT molecular complexity index is 603. The highest BCUT2D eigenvalue weighted by Crippen LogP contribution is 2.32. The lowest BCUT2D eigenvalue weighted by Gasteiger charge is -2.31. The van der Waals surface area contributed by atoms with Crippen LogP contribution in [0.3, 0.4) is 0 Å². The van der Waals surface area contributed by atoms with Crippen LogP contribution in [0.1, 0.15) is 59.3 Å². The van der Waals surface area contributed by atoms with Crippen LogP contribution in [0.25, 0.3) is 0 Å². The Kier molecular flexibility index (Phi) is 8.62. The van der Waals surface area contributed by atoms with Gasteiger partial charge in [-0.25, -0.2) is 0 Å². The van der Waals surface area contributed by atoms with E-state index in [4.69, 9.17) is 4.74 Å². The van der Waals surface area contributed by atoms with Crippen molar-refractivity contribution in [3.8, 4) is 5.75 Å². The topological polar surface area (TPSA) is 58.6 Å². The monoisotopic (exact) mass is 374 g/mol. The Morgan fingerprint density at radius 1 is 1.00 bits per heavy atom. The van der Waals surface area contributed by atoms with Crippen molar-refractivity contribution in [2.75, 3.05) is 25.0 Å². The SMILES string of the molecule is CCCN(CCC)C(=O)C1CCC(C(=O)Nc2ccccc2OCC)CC1. The van der Waals surface area contributed by atoms with Gasteiger partial charge >= 0.3 is 0 Å². The van der Waals surface area contributed by atoms with Gasteiger partial charge in [0.15, 0.2) is 0 Å². The average Bonchev–Trinajstić information content (AvgIpc) is 2.69. The third kappa shape index (κ3) is 5.98. The van der Waals surface area contributed by atoms with Gasteiger partial charge < -0.3 is 15.0 Å². The third-order valence-corrected chi connectivity index (χ3v) is 5.19. The van der Waals surface area contributed by atoms with E-state index in [0.29, 0.717) is 12.4 Å². The van der Waals surface area contributed by atoms with Crippen LogP contribution in [0.4, 0.5) is 5.69 Å². The summed E-state index contributed by atoms with van der Waals surface area (Å²) in [5.41, 5.74) is 0.722. The second-order valence-electron chi connectivity index (χ2n) is 7.29. The summed E-state index contributed by atoms with van der Waals surface area (Å²) < 4.78 is 5.58. The fourth-order valence-corrected chi connectivity index (χ4v) is 3.82. The molecule has 0 aromatic heterocycles. The highest BCUT2D eigenvalue weighted by molar-refractivity contribution is 5.94. The number of nitrogens with zero attached hydrogens (tertiary/aromatic N) is 1. The van der Waals surface area contributed by atoms with E-state index in [1.54, 1.807) is 0 Å². The van der Waals surface area contributed by atoms with E-state index in [-0.39, 0.29) is 23.7 Å². The lowest BCUT2D eigenvalue weighted by Crippen LogP contribution is -2.39. The van der Waals surface area contributed by atoms with Crippen molar-refractivity contribution < 1.29 is 14.3 Å². The van der Waals surface area contributed by atoms with Gasteiger partial charge in [0.25, 0.3) is 0 Å². The number of benzene rings is 1. The number of nitrogens with one attached hydrogen (secondary N) is 1. The van der Waals surface area contributed by atoms with Crippen molar-refractivity contribution in [2.24, 2.45) is 11.8 Å². The normalized spacial score (nSPS) is 19.4. The summed E-state index contributed by atoms with van der Waals surface area (Å²) in [6.45, 7) is 8.38. The molecule has 2 rings (SSSR count). The molecular weight excluding hydrogens is 340 g/mol. The molecule has 0 atom stereocenters. The van der Waals surface area contributed by atoms with E-state index in [1.807, 2.05) is 36.1 Å². The molecule has 1 aliphatic carbocycles. The molecule has 5 heteroatoms. The first kappa shape index (κ1) is 21.3. The van der Waals surface area contributed by atoms with E-state index in [0.717, 1.165) is 57.3 Å². The largest absolute Gasteiger partial charge is 0.492 e. The average molecular weight is 375 g/mol. The van der Waals surface area contributed by atoms with Crippen molar-refractivity contribution in [3.63, 3.8) is 0 Å². The summed E-state index contributed by atoms with van der Waals surface area (Å²) in [6, 6.07) is 7.52.